The monoisotopic (exact) mass is 310 g/mol. The molecule has 21 heavy (non-hydrogen) atoms. The number of nitrogens with two attached hydrogens (primary N) is 1. The smallest absolute Gasteiger partial charge is 0.261 e. The third-order valence-corrected chi connectivity index (χ3v) is 4.30. The number of methoxy groups -OCH3 is 1. The summed E-state index contributed by atoms with van der Waals surface area (Å²) in [6, 6.07) is 8.13. The van der Waals surface area contributed by atoms with Crippen LogP contribution in [0.25, 0.3) is 0 Å². The van der Waals surface area contributed by atoms with Gasteiger partial charge >= 0.3 is 0 Å². The van der Waals surface area contributed by atoms with Crippen LogP contribution in [0.3, 0.4) is 0 Å². The Kier molecular flexibility index (Phi) is 4.04. The Bertz CT molecular complexity index is 776. The molecule has 112 valence electrons. The van der Waals surface area contributed by atoms with Crippen molar-refractivity contribution >= 4 is 21.4 Å². The Hall–Kier alpha value is -2.28. The van der Waals surface area contributed by atoms with Gasteiger partial charge in [0, 0.05) is 0 Å². The summed E-state index contributed by atoms with van der Waals surface area (Å²) in [7, 11) is -2.33. The molecular formula is C14H15FN2O3S. The molecule has 0 fully saturated rings. The van der Waals surface area contributed by atoms with E-state index in [2.05, 4.69) is 4.72 Å². The van der Waals surface area contributed by atoms with Gasteiger partial charge in [0.15, 0.2) is 0 Å². The van der Waals surface area contributed by atoms with Crippen molar-refractivity contribution in [1.29, 1.82) is 0 Å². The predicted molar refractivity (Wildman–Crippen MR) is 79.4 cm³/mol. The van der Waals surface area contributed by atoms with E-state index in [9.17, 15) is 12.8 Å². The molecule has 0 spiro atoms. The number of nitrogens with one attached hydrogen (secondary N) is 1. The number of sulfonamides is 1. The van der Waals surface area contributed by atoms with Crippen LogP contribution in [-0.4, -0.2) is 15.5 Å². The topological polar surface area (TPSA) is 81.4 Å². The molecule has 0 bridgehead atoms. The lowest BCUT2D eigenvalue weighted by atomic mass is 10.2. The van der Waals surface area contributed by atoms with Gasteiger partial charge in [0.25, 0.3) is 10.0 Å². The molecule has 0 saturated carbocycles. The van der Waals surface area contributed by atoms with Crippen LogP contribution in [0.4, 0.5) is 15.8 Å². The molecule has 2 aromatic carbocycles. The zero-order valence-electron chi connectivity index (χ0n) is 11.6. The summed E-state index contributed by atoms with van der Waals surface area (Å²) in [5, 5.41) is 0. The number of nitrogen functional groups attached to an aromatic ring is 1. The average molecular weight is 310 g/mol. The van der Waals surface area contributed by atoms with Crippen molar-refractivity contribution in [1.82, 2.24) is 0 Å². The summed E-state index contributed by atoms with van der Waals surface area (Å²) in [6.07, 6.45) is 0. The van der Waals surface area contributed by atoms with Crippen LogP contribution >= 0.6 is 0 Å². The van der Waals surface area contributed by atoms with Crippen molar-refractivity contribution in [3.8, 4) is 5.75 Å². The van der Waals surface area contributed by atoms with Gasteiger partial charge < -0.3 is 10.5 Å². The number of halogens is 1. The molecule has 5 nitrogen and oxygen atoms in total. The highest BCUT2D eigenvalue weighted by Crippen LogP contribution is 2.26. The lowest BCUT2D eigenvalue weighted by molar-refractivity contribution is 0.417. The van der Waals surface area contributed by atoms with Crippen molar-refractivity contribution in [2.45, 2.75) is 11.8 Å². The first-order valence-electron chi connectivity index (χ1n) is 6.06. The van der Waals surface area contributed by atoms with Gasteiger partial charge in [0.2, 0.25) is 0 Å². The number of aryl methyl sites for hydroxylation is 1. The number of hydrogen-bond acceptors (Lipinski definition) is 4. The largest absolute Gasteiger partial charge is 0.495 e. The molecule has 7 heteroatoms. The highest BCUT2D eigenvalue weighted by molar-refractivity contribution is 7.92. The first kappa shape index (κ1) is 15.1. The highest BCUT2D eigenvalue weighted by Gasteiger charge is 2.16. The summed E-state index contributed by atoms with van der Waals surface area (Å²) < 4.78 is 45.0. The molecule has 0 aliphatic rings. The van der Waals surface area contributed by atoms with Crippen LogP contribution in [0.1, 0.15) is 5.56 Å². The second kappa shape index (κ2) is 5.61. The van der Waals surface area contributed by atoms with E-state index >= 15 is 0 Å². The second-order valence-corrected chi connectivity index (χ2v) is 6.16. The number of hydrogen-bond donors (Lipinski definition) is 2. The van der Waals surface area contributed by atoms with Gasteiger partial charge in [0.05, 0.1) is 23.4 Å². The minimum absolute atomic E-state index is 0.0178. The summed E-state index contributed by atoms with van der Waals surface area (Å²) >= 11 is 0. The van der Waals surface area contributed by atoms with Crippen LogP contribution < -0.4 is 15.2 Å². The molecule has 0 unspecified atom stereocenters. The van der Waals surface area contributed by atoms with Crippen molar-refractivity contribution in [3.05, 3.63) is 47.8 Å². The molecule has 0 heterocycles. The quantitative estimate of drug-likeness (QED) is 0.850. The number of anilines is 2. The van der Waals surface area contributed by atoms with Crippen LogP contribution in [0, 0.1) is 12.7 Å². The summed E-state index contributed by atoms with van der Waals surface area (Å²) in [5.74, 6) is -0.00165. The first-order valence-corrected chi connectivity index (χ1v) is 7.54. The molecule has 3 N–H and O–H groups in total. The molecule has 0 aromatic heterocycles. The van der Waals surface area contributed by atoms with Crippen molar-refractivity contribution in [2.24, 2.45) is 0 Å². The SMILES string of the molecule is COc1ccc(NS(=O)(=O)c2ccc(F)c(C)c2)cc1N. The highest BCUT2D eigenvalue weighted by atomic mass is 32.2. The van der Waals surface area contributed by atoms with E-state index in [1.165, 1.54) is 38.3 Å². The lowest BCUT2D eigenvalue weighted by Crippen LogP contribution is -2.13. The fourth-order valence-electron chi connectivity index (χ4n) is 1.80. The zero-order chi connectivity index (χ0) is 15.6. The predicted octanol–water partition coefficient (Wildman–Crippen LogP) is 2.53. The molecule has 0 saturated heterocycles. The van der Waals surface area contributed by atoms with Crippen molar-refractivity contribution in [3.63, 3.8) is 0 Å². The molecule has 2 rings (SSSR count). The summed E-state index contributed by atoms with van der Waals surface area (Å²) in [5.41, 5.74) is 6.59. The maximum atomic E-state index is 13.2. The van der Waals surface area contributed by atoms with E-state index in [4.69, 9.17) is 10.5 Å². The van der Waals surface area contributed by atoms with Gasteiger partial charge in [-0.1, -0.05) is 0 Å². The van der Waals surface area contributed by atoms with Crippen molar-refractivity contribution < 1.29 is 17.5 Å². The zero-order valence-corrected chi connectivity index (χ0v) is 12.4. The molecule has 0 radical (unpaired) electrons. The second-order valence-electron chi connectivity index (χ2n) is 4.47. The standard InChI is InChI=1S/C14H15FN2O3S/c1-9-7-11(4-5-12(9)15)21(18,19)17-10-3-6-14(20-2)13(16)8-10/h3-8,17H,16H2,1-2H3. The van der Waals surface area contributed by atoms with Crippen molar-refractivity contribution in [2.75, 3.05) is 17.6 Å². The Balaban J connectivity index is 2.32. The van der Waals surface area contributed by atoms with Gasteiger partial charge in [-0.15, -0.1) is 0 Å². The molecule has 0 amide bonds. The van der Waals surface area contributed by atoms with E-state index in [0.29, 0.717) is 17.1 Å². The minimum atomic E-state index is -3.80. The maximum Gasteiger partial charge on any atom is 0.261 e. The van der Waals surface area contributed by atoms with Crippen LogP contribution in [0.15, 0.2) is 41.3 Å². The molecule has 0 atom stereocenters. The molecular weight excluding hydrogens is 295 g/mol. The van der Waals surface area contributed by atoms with E-state index < -0.39 is 15.8 Å². The Labute approximate surface area is 122 Å². The van der Waals surface area contributed by atoms with Crippen LogP contribution in [-0.2, 0) is 10.0 Å². The minimum Gasteiger partial charge on any atom is -0.495 e. The molecule has 0 aliphatic heterocycles. The van der Waals surface area contributed by atoms with Gasteiger partial charge in [-0.3, -0.25) is 4.72 Å². The number of benzene rings is 2. The van der Waals surface area contributed by atoms with E-state index in [1.54, 1.807) is 6.07 Å². The van der Waals surface area contributed by atoms with E-state index in [0.717, 1.165) is 6.07 Å². The normalized spacial score (nSPS) is 11.2. The number of rotatable bonds is 4. The third kappa shape index (κ3) is 3.25. The first-order chi connectivity index (χ1) is 9.83. The van der Waals surface area contributed by atoms with Crippen LogP contribution in [0.2, 0.25) is 0 Å². The maximum absolute atomic E-state index is 13.2. The fourth-order valence-corrected chi connectivity index (χ4v) is 2.93. The van der Waals surface area contributed by atoms with Gasteiger partial charge in [-0.2, -0.15) is 0 Å². The molecule has 2 aromatic rings. The Morgan fingerprint density at radius 2 is 1.90 bits per heavy atom. The fraction of sp³-hybridized carbons (Fsp3) is 0.143. The van der Waals surface area contributed by atoms with Gasteiger partial charge in [-0.25, -0.2) is 12.8 Å². The molecule has 0 aliphatic carbocycles. The van der Waals surface area contributed by atoms with Gasteiger partial charge in [0.1, 0.15) is 11.6 Å². The average Bonchev–Trinajstić information content (AvgIpc) is 2.41. The Morgan fingerprint density at radius 1 is 1.19 bits per heavy atom. The Morgan fingerprint density at radius 3 is 2.48 bits per heavy atom. The van der Waals surface area contributed by atoms with E-state index in [1.807, 2.05) is 0 Å². The van der Waals surface area contributed by atoms with Crippen LogP contribution in [0.5, 0.6) is 5.75 Å². The summed E-state index contributed by atoms with van der Waals surface area (Å²) in [4.78, 5) is -0.0178. The number of ether oxygens (including phenoxy) is 1. The third-order valence-electron chi connectivity index (χ3n) is 2.92. The van der Waals surface area contributed by atoms with E-state index in [-0.39, 0.29) is 10.5 Å². The van der Waals surface area contributed by atoms with Gasteiger partial charge in [-0.05, 0) is 48.9 Å². The lowest BCUT2D eigenvalue weighted by Gasteiger charge is -2.11. The summed E-state index contributed by atoms with van der Waals surface area (Å²) in [6.45, 7) is 1.50.